The number of nitrogens with zero attached hydrogens (tertiary/aromatic N) is 4. The van der Waals surface area contributed by atoms with Gasteiger partial charge in [0.2, 0.25) is 5.16 Å². The van der Waals surface area contributed by atoms with E-state index in [1.165, 1.54) is 18.7 Å². The molecular weight excluding hydrogens is 212 g/mol. The number of carbonyl (C=O) groups is 1. The average molecular weight is 222 g/mol. The summed E-state index contributed by atoms with van der Waals surface area (Å²) in [7, 11) is 0. The maximum Gasteiger partial charge on any atom is 0.253 e. The van der Waals surface area contributed by atoms with Crippen molar-refractivity contribution in [3.63, 3.8) is 0 Å². The molecule has 0 bridgehead atoms. The Morgan fingerprint density at radius 2 is 2.27 bits per heavy atom. The first-order chi connectivity index (χ1) is 7.13. The summed E-state index contributed by atoms with van der Waals surface area (Å²) in [5, 5.41) is 4.89. The van der Waals surface area contributed by atoms with Gasteiger partial charge in [-0.1, -0.05) is 11.8 Å². The lowest BCUT2D eigenvalue weighted by Crippen LogP contribution is -2.05. The Hall–Kier alpha value is -1.43. The van der Waals surface area contributed by atoms with E-state index in [1.807, 2.05) is 13.2 Å². The van der Waals surface area contributed by atoms with Crippen molar-refractivity contribution in [1.29, 1.82) is 0 Å². The summed E-state index contributed by atoms with van der Waals surface area (Å²) in [6.45, 7) is 3.35. The zero-order valence-corrected chi connectivity index (χ0v) is 9.50. The number of rotatable bonds is 2. The van der Waals surface area contributed by atoms with E-state index >= 15 is 0 Å². The van der Waals surface area contributed by atoms with Gasteiger partial charge in [0.25, 0.3) is 5.78 Å². The molecular formula is C9H10N4OS. The van der Waals surface area contributed by atoms with Crippen molar-refractivity contribution in [1.82, 2.24) is 19.6 Å². The van der Waals surface area contributed by atoms with Crippen LogP contribution in [0.4, 0.5) is 0 Å². The van der Waals surface area contributed by atoms with Gasteiger partial charge in [-0.3, -0.25) is 4.79 Å². The summed E-state index contributed by atoms with van der Waals surface area (Å²) in [6.07, 6.45) is 3.45. The monoisotopic (exact) mass is 222 g/mol. The first kappa shape index (κ1) is 10.1. The Morgan fingerprint density at radius 1 is 1.53 bits per heavy atom. The highest BCUT2D eigenvalue weighted by atomic mass is 32.2. The molecule has 0 fully saturated rings. The van der Waals surface area contributed by atoms with Crippen LogP contribution < -0.4 is 0 Å². The molecule has 2 rings (SSSR count). The Morgan fingerprint density at radius 3 is 2.87 bits per heavy atom. The molecule has 6 heteroatoms. The minimum absolute atomic E-state index is 0.0110. The first-order valence-corrected chi connectivity index (χ1v) is 5.63. The van der Waals surface area contributed by atoms with Gasteiger partial charge in [0.1, 0.15) is 0 Å². The molecule has 0 N–H and O–H groups in total. The van der Waals surface area contributed by atoms with Gasteiger partial charge in [-0.05, 0) is 20.1 Å². The molecule has 0 saturated heterocycles. The predicted octanol–water partition coefficient (Wildman–Crippen LogP) is 1.36. The molecule has 0 aliphatic carbocycles. The van der Waals surface area contributed by atoms with Crippen LogP contribution >= 0.6 is 11.8 Å². The van der Waals surface area contributed by atoms with E-state index in [9.17, 15) is 4.79 Å². The predicted molar refractivity (Wildman–Crippen MR) is 57.3 cm³/mol. The molecule has 0 aromatic carbocycles. The second kappa shape index (κ2) is 3.62. The molecule has 2 aromatic heterocycles. The number of hydrogen-bond acceptors (Lipinski definition) is 5. The minimum atomic E-state index is -0.0110. The quantitative estimate of drug-likeness (QED) is 0.567. The zero-order valence-electron chi connectivity index (χ0n) is 8.68. The molecule has 0 saturated carbocycles. The van der Waals surface area contributed by atoms with Crippen LogP contribution in [0.15, 0.2) is 11.4 Å². The number of carbonyl (C=O) groups excluding carboxylic acids is 1. The van der Waals surface area contributed by atoms with Gasteiger partial charge in [0.05, 0.1) is 11.3 Å². The van der Waals surface area contributed by atoms with Crippen LogP contribution in [0.25, 0.3) is 5.78 Å². The minimum Gasteiger partial charge on any atom is -0.294 e. The number of ketones is 1. The standard InChI is InChI=1S/C9H10N4OS/c1-5-7(6(2)14)4-10-8-11-9(15-3)12-13(5)8/h4H,1-3H3. The van der Waals surface area contributed by atoms with Crippen molar-refractivity contribution in [2.24, 2.45) is 0 Å². The van der Waals surface area contributed by atoms with E-state index in [-0.39, 0.29) is 5.78 Å². The summed E-state index contributed by atoms with van der Waals surface area (Å²) >= 11 is 1.45. The van der Waals surface area contributed by atoms with Gasteiger partial charge >= 0.3 is 0 Å². The van der Waals surface area contributed by atoms with Crippen LogP contribution in [0.5, 0.6) is 0 Å². The molecule has 0 radical (unpaired) electrons. The first-order valence-electron chi connectivity index (χ1n) is 4.41. The van der Waals surface area contributed by atoms with E-state index in [2.05, 4.69) is 15.1 Å². The number of fused-ring (bicyclic) bond motifs is 1. The largest absolute Gasteiger partial charge is 0.294 e. The van der Waals surface area contributed by atoms with E-state index in [4.69, 9.17) is 0 Å². The third-order valence-electron chi connectivity index (χ3n) is 2.15. The van der Waals surface area contributed by atoms with Crippen molar-refractivity contribution in [3.05, 3.63) is 17.5 Å². The second-order valence-corrected chi connectivity index (χ2v) is 3.90. The smallest absolute Gasteiger partial charge is 0.253 e. The van der Waals surface area contributed by atoms with Crippen molar-refractivity contribution in [2.45, 2.75) is 19.0 Å². The summed E-state index contributed by atoms with van der Waals surface area (Å²) in [4.78, 5) is 19.6. The third kappa shape index (κ3) is 1.61. The van der Waals surface area contributed by atoms with Gasteiger partial charge in [-0.25, -0.2) is 4.98 Å². The molecule has 0 spiro atoms. The second-order valence-electron chi connectivity index (χ2n) is 3.12. The highest BCUT2D eigenvalue weighted by Crippen LogP contribution is 2.13. The van der Waals surface area contributed by atoms with Gasteiger partial charge in [0.15, 0.2) is 5.78 Å². The number of hydrogen-bond donors (Lipinski definition) is 0. The van der Waals surface area contributed by atoms with Crippen LogP contribution in [0.2, 0.25) is 0 Å². The number of aromatic nitrogens is 4. The van der Waals surface area contributed by atoms with Crippen molar-refractivity contribution < 1.29 is 4.79 Å². The van der Waals surface area contributed by atoms with E-state index in [0.717, 1.165) is 5.69 Å². The molecule has 2 aromatic rings. The van der Waals surface area contributed by atoms with Crippen LogP contribution in [-0.4, -0.2) is 31.6 Å². The van der Waals surface area contributed by atoms with Gasteiger partial charge in [0, 0.05) is 6.20 Å². The van der Waals surface area contributed by atoms with Crippen LogP contribution in [-0.2, 0) is 0 Å². The molecule has 2 heterocycles. The number of thioether (sulfide) groups is 1. The van der Waals surface area contributed by atoms with Crippen molar-refractivity contribution >= 4 is 23.3 Å². The Bertz CT molecular complexity index is 534. The average Bonchev–Trinajstić information content (AvgIpc) is 2.61. The normalized spacial score (nSPS) is 10.9. The fourth-order valence-electron chi connectivity index (χ4n) is 1.36. The summed E-state index contributed by atoms with van der Waals surface area (Å²) < 4.78 is 1.60. The molecule has 0 aliphatic heterocycles. The maximum absolute atomic E-state index is 11.3. The van der Waals surface area contributed by atoms with E-state index < -0.39 is 0 Å². The lowest BCUT2D eigenvalue weighted by atomic mass is 10.2. The lowest BCUT2D eigenvalue weighted by molar-refractivity contribution is 0.101. The van der Waals surface area contributed by atoms with Crippen LogP contribution in [0.3, 0.4) is 0 Å². The molecule has 15 heavy (non-hydrogen) atoms. The fraction of sp³-hybridized carbons (Fsp3) is 0.333. The molecule has 0 unspecified atom stereocenters. The molecule has 78 valence electrons. The highest BCUT2D eigenvalue weighted by Gasteiger charge is 2.11. The molecule has 5 nitrogen and oxygen atoms in total. The highest BCUT2D eigenvalue weighted by molar-refractivity contribution is 7.98. The fourth-order valence-corrected chi connectivity index (χ4v) is 1.69. The molecule has 0 atom stereocenters. The number of aryl methyl sites for hydroxylation is 1. The van der Waals surface area contributed by atoms with Crippen LogP contribution in [0, 0.1) is 6.92 Å². The maximum atomic E-state index is 11.3. The Balaban J connectivity index is 2.72. The Labute approximate surface area is 90.9 Å². The SMILES string of the molecule is CSc1nc2ncc(C(C)=O)c(C)n2n1. The molecule has 0 aliphatic rings. The van der Waals surface area contributed by atoms with Gasteiger partial charge in [-0.15, -0.1) is 5.10 Å². The summed E-state index contributed by atoms with van der Waals surface area (Å²) in [5.41, 5.74) is 1.36. The third-order valence-corrected chi connectivity index (χ3v) is 2.69. The number of Topliss-reactive ketones (excluding diaryl/α,β-unsaturated/α-hetero) is 1. The Kier molecular flexibility index (Phi) is 2.44. The molecule has 0 amide bonds. The van der Waals surface area contributed by atoms with E-state index in [0.29, 0.717) is 16.5 Å². The van der Waals surface area contributed by atoms with Crippen molar-refractivity contribution in [2.75, 3.05) is 6.26 Å². The summed E-state index contributed by atoms with van der Waals surface area (Å²) in [6, 6.07) is 0. The van der Waals surface area contributed by atoms with E-state index in [1.54, 1.807) is 10.7 Å². The topological polar surface area (TPSA) is 60.2 Å². The van der Waals surface area contributed by atoms with Crippen LogP contribution in [0.1, 0.15) is 23.0 Å². The van der Waals surface area contributed by atoms with Crippen molar-refractivity contribution in [3.8, 4) is 0 Å². The summed E-state index contributed by atoms with van der Waals surface area (Å²) in [5.74, 6) is 0.518. The zero-order chi connectivity index (χ0) is 11.0. The van der Waals surface area contributed by atoms with Gasteiger partial charge in [-0.2, -0.15) is 9.50 Å². The van der Waals surface area contributed by atoms with Gasteiger partial charge < -0.3 is 0 Å². The lowest BCUT2D eigenvalue weighted by Gasteiger charge is -2.01.